The summed E-state index contributed by atoms with van der Waals surface area (Å²) in [5.74, 6) is 1.92. The molecular weight excluding hydrogens is 250 g/mol. The summed E-state index contributed by atoms with van der Waals surface area (Å²) in [5.41, 5.74) is 4.20. The molecule has 108 valence electrons. The van der Waals surface area contributed by atoms with Gasteiger partial charge in [0.2, 0.25) is 0 Å². The molecule has 0 saturated carbocycles. The van der Waals surface area contributed by atoms with Gasteiger partial charge in [0, 0.05) is 17.5 Å². The molecule has 0 aliphatic rings. The Labute approximate surface area is 123 Å². The van der Waals surface area contributed by atoms with Crippen LogP contribution in [-0.4, -0.2) is 18.3 Å². The van der Waals surface area contributed by atoms with Crippen LogP contribution in [-0.2, 0) is 5.75 Å². The van der Waals surface area contributed by atoms with Crippen molar-refractivity contribution in [2.45, 2.75) is 52.0 Å². The SMILES string of the molecule is Cc1cc(C)cc(CSC(C)CNCCC(C)C)c1. The fourth-order valence-corrected chi connectivity index (χ4v) is 3.03. The Morgan fingerprint density at radius 2 is 1.68 bits per heavy atom. The number of nitrogens with one attached hydrogen (secondary N) is 1. The Morgan fingerprint density at radius 1 is 1.05 bits per heavy atom. The Bertz CT molecular complexity index is 353. The van der Waals surface area contributed by atoms with Crippen molar-refractivity contribution in [3.8, 4) is 0 Å². The minimum absolute atomic E-state index is 0.674. The molecule has 0 aromatic heterocycles. The van der Waals surface area contributed by atoms with Crippen LogP contribution in [0, 0.1) is 19.8 Å². The minimum atomic E-state index is 0.674. The zero-order valence-corrected chi connectivity index (χ0v) is 13.9. The van der Waals surface area contributed by atoms with Crippen molar-refractivity contribution >= 4 is 11.8 Å². The number of thioether (sulfide) groups is 1. The predicted octanol–water partition coefficient (Wildman–Crippen LogP) is 4.56. The molecular formula is C17H29NS. The highest BCUT2D eigenvalue weighted by Crippen LogP contribution is 2.19. The van der Waals surface area contributed by atoms with Gasteiger partial charge in [0.05, 0.1) is 0 Å². The van der Waals surface area contributed by atoms with Gasteiger partial charge in [-0.05, 0) is 38.3 Å². The van der Waals surface area contributed by atoms with Gasteiger partial charge in [0.15, 0.2) is 0 Å². The molecule has 0 aliphatic heterocycles. The van der Waals surface area contributed by atoms with E-state index in [2.05, 4.69) is 58.1 Å². The monoisotopic (exact) mass is 279 g/mol. The second-order valence-electron chi connectivity index (χ2n) is 6.00. The van der Waals surface area contributed by atoms with Gasteiger partial charge in [-0.1, -0.05) is 50.1 Å². The molecule has 1 rings (SSSR count). The first-order chi connectivity index (χ1) is 8.97. The van der Waals surface area contributed by atoms with E-state index < -0.39 is 0 Å². The van der Waals surface area contributed by atoms with Crippen LogP contribution < -0.4 is 5.32 Å². The first-order valence-corrected chi connectivity index (χ1v) is 8.41. The Balaban J connectivity index is 2.24. The van der Waals surface area contributed by atoms with Crippen molar-refractivity contribution in [2.24, 2.45) is 5.92 Å². The maximum Gasteiger partial charge on any atom is 0.0187 e. The summed E-state index contributed by atoms with van der Waals surface area (Å²) in [6.45, 7) is 13.5. The maximum atomic E-state index is 3.55. The van der Waals surface area contributed by atoms with E-state index in [1.54, 1.807) is 0 Å². The van der Waals surface area contributed by atoms with E-state index in [0.717, 1.165) is 24.8 Å². The van der Waals surface area contributed by atoms with Gasteiger partial charge in [-0.2, -0.15) is 11.8 Å². The molecule has 0 fully saturated rings. The van der Waals surface area contributed by atoms with E-state index in [1.165, 1.54) is 23.1 Å². The van der Waals surface area contributed by atoms with Crippen molar-refractivity contribution in [3.63, 3.8) is 0 Å². The smallest absolute Gasteiger partial charge is 0.0187 e. The third kappa shape index (κ3) is 7.64. The van der Waals surface area contributed by atoms with E-state index in [1.807, 2.05) is 11.8 Å². The number of hydrogen-bond donors (Lipinski definition) is 1. The van der Waals surface area contributed by atoms with Crippen LogP contribution in [0.5, 0.6) is 0 Å². The molecule has 1 aromatic carbocycles. The van der Waals surface area contributed by atoms with Crippen LogP contribution in [0.15, 0.2) is 18.2 Å². The number of hydrogen-bond acceptors (Lipinski definition) is 2. The fraction of sp³-hybridized carbons (Fsp3) is 0.647. The third-order valence-electron chi connectivity index (χ3n) is 3.15. The molecule has 1 N–H and O–H groups in total. The lowest BCUT2D eigenvalue weighted by atomic mass is 10.1. The molecule has 2 heteroatoms. The van der Waals surface area contributed by atoms with Gasteiger partial charge < -0.3 is 5.32 Å². The lowest BCUT2D eigenvalue weighted by Gasteiger charge is -2.13. The average molecular weight is 279 g/mol. The van der Waals surface area contributed by atoms with Gasteiger partial charge in [-0.3, -0.25) is 0 Å². The largest absolute Gasteiger partial charge is 0.316 e. The van der Waals surface area contributed by atoms with Crippen molar-refractivity contribution in [2.75, 3.05) is 13.1 Å². The van der Waals surface area contributed by atoms with Gasteiger partial charge in [-0.15, -0.1) is 0 Å². The molecule has 0 radical (unpaired) electrons. The maximum absolute atomic E-state index is 3.55. The predicted molar refractivity (Wildman–Crippen MR) is 89.0 cm³/mol. The highest BCUT2D eigenvalue weighted by molar-refractivity contribution is 7.99. The first-order valence-electron chi connectivity index (χ1n) is 7.37. The van der Waals surface area contributed by atoms with Crippen molar-refractivity contribution in [3.05, 3.63) is 34.9 Å². The van der Waals surface area contributed by atoms with Crippen molar-refractivity contribution in [1.29, 1.82) is 0 Å². The standard InChI is InChI=1S/C17H29NS/c1-13(2)6-7-18-11-16(5)19-12-17-9-14(3)8-15(4)10-17/h8-10,13,16,18H,6-7,11-12H2,1-5H3. The normalized spacial score (nSPS) is 12.9. The van der Waals surface area contributed by atoms with Crippen LogP contribution in [0.4, 0.5) is 0 Å². The first kappa shape index (κ1) is 16.6. The Hall–Kier alpha value is -0.470. The molecule has 0 spiro atoms. The number of benzene rings is 1. The quantitative estimate of drug-likeness (QED) is 0.700. The molecule has 1 nitrogen and oxygen atoms in total. The van der Waals surface area contributed by atoms with Crippen LogP contribution in [0.1, 0.15) is 43.9 Å². The lowest BCUT2D eigenvalue weighted by molar-refractivity contribution is 0.539. The third-order valence-corrected chi connectivity index (χ3v) is 4.38. The molecule has 0 bridgehead atoms. The van der Waals surface area contributed by atoms with E-state index in [0.29, 0.717) is 5.25 Å². The zero-order chi connectivity index (χ0) is 14.3. The topological polar surface area (TPSA) is 12.0 Å². The molecule has 19 heavy (non-hydrogen) atoms. The zero-order valence-electron chi connectivity index (χ0n) is 13.1. The molecule has 0 aliphatic carbocycles. The average Bonchev–Trinajstić information content (AvgIpc) is 2.31. The summed E-state index contributed by atoms with van der Waals surface area (Å²) in [6.07, 6.45) is 1.27. The molecule has 1 unspecified atom stereocenters. The van der Waals surface area contributed by atoms with Crippen LogP contribution in [0.3, 0.4) is 0 Å². The summed E-state index contributed by atoms with van der Waals surface area (Å²) in [5, 5.41) is 4.23. The number of aryl methyl sites for hydroxylation is 2. The summed E-state index contributed by atoms with van der Waals surface area (Å²) < 4.78 is 0. The van der Waals surface area contributed by atoms with E-state index in [-0.39, 0.29) is 0 Å². The minimum Gasteiger partial charge on any atom is -0.316 e. The molecule has 1 aromatic rings. The van der Waals surface area contributed by atoms with Crippen LogP contribution in [0.25, 0.3) is 0 Å². The highest BCUT2D eigenvalue weighted by atomic mass is 32.2. The van der Waals surface area contributed by atoms with Gasteiger partial charge in [0.25, 0.3) is 0 Å². The van der Waals surface area contributed by atoms with Crippen molar-refractivity contribution in [1.82, 2.24) is 5.32 Å². The lowest BCUT2D eigenvalue weighted by Crippen LogP contribution is -2.24. The highest BCUT2D eigenvalue weighted by Gasteiger charge is 2.04. The van der Waals surface area contributed by atoms with Crippen molar-refractivity contribution < 1.29 is 0 Å². The molecule has 0 heterocycles. The van der Waals surface area contributed by atoms with E-state index in [4.69, 9.17) is 0 Å². The van der Waals surface area contributed by atoms with E-state index in [9.17, 15) is 0 Å². The second kappa shape index (κ2) is 8.65. The molecule has 0 saturated heterocycles. The summed E-state index contributed by atoms with van der Waals surface area (Å²) in [6, 6.07) is 6.85. The van der Waals surface area contributed by atoms with Gasteiger partial charge in [0.1, 0.15) is 0 Å². The summed E-state index contributed by atoms with van der Waals surface area (Å²) in [4.78, 5) is 0. The molecule has 1 atom stereocenters. The second-order valence-corrected chi connectivity index (χ2v) is 7.43. The molecule has 0 amide bonds. The fourth-order valence-electron chi connectivity index (χ4n) is 2.15. The Kier molecular flexibility index (Phi) is 7.55. The van der Waals surface area contributed by atoms with Crippen LogP contribution in [0.2, 0.25) is 0 Å². The summed E-state index contributed by atoms with van der Waals surface area (Å²) in [7, 11) is 0. The Morgan fingerprint density at radius 3 is 2.26 bits per heavy atom. The van der Waals surface area contributed by atoms with Crippen LogP contribution >= 0.6 is 11.8 Å². The van der Waals surface area contributed by atoms with Gasteiger partial charge >= 0.3 is 0 Å². The van der Waals surface area contributed by atoms with Gasteiger partial charge in [-0.25, -0.2) is 0 Å². The summed E-state index contributed by atoms with van der Waals surface area (Å²) >= 11 is 2.04. The number of rotatable bonds is 8. The van der Waals surface area contributed by atoms with E-state index >= 15 is 0 Å².